The number of imidazole rings is 1. The number of rotatable bonds is 6. The summed E-state index contributed by atoms with van der Waals surface area (Å²) in [5.74, 6) is -0.130. The smallest absolute Gasteiger partial charge is 0.248 e. The van der Waals surface area contributed by atoms with Crippen molar-refractivity contribution in [1.29, 1.82) is 0 Å². The molecule has 1 N–H and O–H groups in total. The molecule has 3 aromatic rings. The van der Waals surface area contributed by atoms with Gasteiger partial charge in [-0.1, -0.05) is 18.2 Å². The number of carbonyl (C=O) groups is 1. The summed E-state index contributed by atoms with van der Waals surface area (Å²) in [6, 6.07) is 11.6. The second-order valence-electron chi connectivity index (χ2n) is 5.63. The van der Waals surface area contributed by atoms with E-state index in [1.54, 1.807) is 25.4 Å². The Morgan fingerprint density at radius 2 is 2.11 bits per heavy atom. The Morgan fingerprint density at radius 1 is 1.30 bits per heavy atom. The van der Waals surface area contributed by atoms with Crippen molar-refractivity contribution in [2.45, 2.75) is 10.1 Å². The zero-order valence-corrected chi connectivity index (χ0v) is 15.7. The highest BCUT2D eigenvalue weighted by Gasteiger charge is 2.11. The number of halogens is 1. The first-order valence-corrected chi connectivity index (χ1v) is 8.95. The number of hydrogen-bond donors (Lipinski definition) is 1. The fourth-order valence-corrected chi connectivity index (χ4v) is 3.25. The quantitative estimate of drug-likeness (QED) is 0.642. The van der Waals surface area contributed by atoms with Crippen LogP contribution in [0.2, 0.25) is 0 Å². The molecule has 3 rings (SSSR count). The highest BCUT2D eigenvalue weighted by atomic mass is 32.2. The summed E-state index contributed by atoms with van der Waals surface area (Å²) in [6.07, 6.45) is 6.54. The van der Waals surface area contributed by atoms with Gasteiger partial charge < -0.3 is 14.6 Å². The third-order valence-corrected chi connectivity index (χ3v) is 4.88. The molecule has 1 aromatic heterocycles. The van der Waals surface area contributed by atoms with Crippen molar-refractivity contribution in [3.05, 3.63) is 72.3 Å². The molecular formula is C20H18FN3O2S. The maximum atomic E-state index is 13.7. The van der Waals surface area contributed by atoms with Crippen LogP contribution in [0.25, 0.3) is 6.08 Å². The predicted molar refractivity (Wildman–Crippen MR) is 104 cm³/mol. The van der Waals surface area contributed by atoms with Crippen molar-refractivity contribution in [2.24, 2.45) is 7.05 Å². The summed E-state index contributed by atoms with van der Waals surface area (Å²) in [7, 11) is 3.44. The number of anilines is 1. The Bertz CT molecular complexity index is 985. The molecule has 138 valence electrons. The normalized spacial score (nSPS) is 10.9. The highest BCUT2D eigenvalue weighted by Crippen LogP contribution is 2.33. The standard InChI is InChI=1S/C20H18FN3O2S/c1-24-12-11-22-20(24)27-18-9-8-15(21)13-16(18)23-19(25)10-7-14-5-3-4-6-17(14)26-2/h3-13H,1-2H3,(H,23,25)/b10-7+. The second-order valence-corrected chi connectivity index (χ2v) is 6.64. The lowest BCUT2D eigenvalue weighted by molar-refractivity contribution is -0.111. The van der Waals surface area contributed by atoms with Gasteiger partial charge in [0.05, 0.1) is 12.8 Å². The van der Waals surface area contributed by atoms with E-state index in [4.69, 9.17) is 4.74 Å². The largest absolute Gasteiger partial charge is 0.496 e. The van der Waals surface area contributed by atoms with Crippen LogP contribution in [0.3, 0.4) is 0 Å². The molecule has 2 aromatic carbocycles. The van der Waals surface area contributed by atoms with Crippen LogP contribution in [0.5, 0.6) is 5.75 Å². The van der Waals surface area contributed by atoms with Crippen molar-refractivity contribution in [2.75, 3.05) is 12.4 Å². The van der Waals surface area contributed by atoms with Gasteiger partial charge in [-0.15, -0.1) is 0 Å². The molecule has 0 unspecified atom stereocenters. The molecule has 0 atom stereocenters. The number of benzene rings is 2. The summed E-state index contributed by atoms with van der Waals surface area (Å²) >= 11 is 1.35. The fourth-order valence-electron chi connectivity index (χ4n) is 2.38. The number of aromatic nitrogens is 2. The predicted octanol–water partition coefficient (Wildman–Crippen LogP) is 4.37. The van der Waals surface area contributed by atoms with Crippen molar-refractivity contribution in [1.82, 2.24) is 9.55 Å². The molecular weight excluding hydrogens is 365 g/mol. The first-order valence-electron chi connectivity index (χ1n) is 8.13. The number of ether oxygens (including phenoxy) is 1. The highest BCUT2D eigenvalue weighted by molar-refractivity contribution is 7.99. The number of carbonyl (C=O) groups excluding carboxylic acids is 1. The van der Waals surface area contributed by atoms with Crippen molar-refractivity contribution < 1.29 is 13.9 Å². The van der Waals surface area contributed by atoms with Gasteiger partial charge in [0.25, 0.3) is 0 Å². The van der Waals surface area contributed by atoms with Gasteiger partial charge in [0.15, 0.2) is 5.16 Å². The van der Waals surface area contributed by atoms with E-state index in [0.717, 1.165) is 10.7 Å². The number of nitrogens with zero attached hydrogens (tertiary/aromatic N) is 2. The molecule has 0 spiro atoms. The summed E-state index contributed by atoms with van der Waals surface area (Å²) < 4.78 is 20.8. The van der Waals surface area contributed by atoms with Crippen LogP contribution in [0.15, 0.2) is 71.0 Å². The molecule has 0 saturated heterocycles. The SMILES string of the molecule is COc1ccccc1/C=C/C(=O)Nc1cc(F)ccc1Sc1nccn1C. The molecule has 0 radical (unpaired) electrons. The summed E-state index contributed by atoms with van der Waals surface area (Å²) in [6.45, 7) is 0. The second kappa shape index (κ2) is 8.55. The van der Waals surface area contributed by atoms with Crippen LogP contribution in [0.4, 0.5) is 10.1 Å². The van der Waals surface area contributed by atoms with Crippen LogP contribution in [0, 0.1) is 5.82 Å². The molecule has 7 heteroatoms. The van der Waals surface area contributed by atoms with E-state index in [2.05, 4.69) is 10.3 Å². The lowest BCUT2D eigenvalue weighted by Crippen LogP contribution is -2.09. The van der Waals surface area contributed by atoms with E-state index in [1.807, 2.05) is 42.1 Å². The Kier molecular flexibility index (Phi) is 5.93. The maximum Gasteiger partial charge on any atom is 0.248 e. The van der Waals surface area contributed by atoms with Crippen LogP contribution >= 0.6 is 11.8 Å². The molecule has 0 aliphatic carbocycles. The number of methoxy groups -OCH3 is 1. The molecule has 0 saturated carbocycles. The lowest BCUT2D eigenvalue weighted by Gasteiger charge is -2.10. The average Bonchev–Trinajstić information content (AvgIpc) is 3.07. The van der Waals surface area contributed by atoms with Gasteiger partial charge >= 0.3 is 0 Å². The van der Waals surface area contributed by atoms with E-state index in [0.29, 0.717) is 16.3 Å². The van der Waals surface area contributed by atoms with Gasteiger partial charge in [0.2, 0.25) is 5.91 Å². The van der Waals surface area contributed by atoms with Crippen molar-refractivity contribution >= 4 is 29.4 Å². The third-order valence-electron chi connectivity index (χ3n) is 3.73. The van der Waals surface area contributed by atoms with Gasteiger partial charge in [-0.3, -0.25) is 4.79 Å². The zero-order chi connectivity index (χ0) is 19.2. The van der Waals surface area contributed by atoms with E-state index in [9.17, 15) is 9.18 Å². The monoisotopic (exact) mass is 383 g/mol. The number of aryl methyl sites for hydroxylation is 1. The molecule has 0 aliphatic rings. The Labute approximate surface area is 160 Å². The molecule has 1 heterocycles. The third kappa shape index (κ3) is 4.77. The number of para-hydroxylation sites is 1. The summed E-state index contributed by atoms with van der Waals surface area (Å²) in [4.78, 5) is 17.3. The van der Waals surface area contributed by atoms with Crippen LogP contribution in [0.1, 0.15) is 5.56 Å². The first kappa shape index (κ1) is 18.7. The Hall–Kier alpha value is -3.06. The minimum Gasteiger partial charge on any atom is -0.496 e. The lowest BCUT2D eigenvalue weighted by atomic mass is 10.2. The topological polar surface area (TPSA) is 56.1 Å². The van der Waals surface area contributed by atoms with Crippen molar-refractivity contribution in [3.8, 4) is 5.75 Å². The first-order chi connectivity index (χ1) is 13.1. The Morgan fingerprint density at radius 3 is 2.85 bits per heavy atom. The minimum atomic E-state index is -0.428. The van der Waals surface area contributed by atoms with Gasteiger partial charge in [-0.2, -0.15) is 0 Å². The minimum absolute atomic E-state index is 0.367. The van der Waals surface area contributed by atoms with E-state index in [-0.39, 0.29) is 5.91 Å². The van der Waals surface area contributed by atoms with E-state index in [1.165, 1.54) is 30.0 Å². The molecule has 1 amide bonds. The van der Waals surface area contributed by atoms with Crippen LogP contribution in [-0.4, -0.2) is 22.6 Å². The number of hydrogen-bond acceptors (Lipinski definition) is 4. The van der Waals surface area contributed by atoms with Crippen molar-refractivity contribution in [3.63, 3.8) is 0 Å². The van der Waals surface area contributed by atoms with Crippen LogP contribution < -0.4 is 10.1 Å². The molecule has 27 heavy (non-hydrogen) atoms. The number of nitrogens with one attached hydrogen (secondary N) is 1. The van der Waals surface area contributed by atoms with Gasteiger partial charge in [-0.25, -0.2) is 9.37 Å². The summed E-state index contributed by atoms with van der Waals surface area (Å²) in [5, 5.41) is 3.46. The van der Waals surface area contributed by atoms with Crippen LogP contribution in [-0.2, 0) is 11.8 Å². The zero-order valence-electron chi connectivity index (χ0n) is 14.8. The van der Waals surface area contributed by atoms with Gasteiger partial charge in [0.1, 0.15) is 11.6 Å². The maximum absolute atomic E-state index is 13.7. The summed E-state index contributed by atoms with van der Waals surface area (Å²) in [5.41, 5.74) is 1.16. The van der Waals surface area contributed by atoms with E-state index >= 15 is 0 Å². The Balaban J connectivity index is 1.78. The molecule has 0 fully saturated rings. The van der Waals surface area contributed by atoms with Gasteiger partial charge in [-0.05, 0) is 42.1 Å². The average molecular weight is 383 g/mol. The van der Waals surface area contributed by atoms with E-state index < -0.39 is 5.82 Å². The number of amides is 1. The van der Waals surface area contributed by atoms with Gasteiger partial charge in [0, 0.05) is 36.0 Å². The molecule has 0 aliphatic heterocycles. The fraction of sp³-hybridized carbons (Fsp3) is 0.100. The molecule has 0 bridgehead atoms. The molecule has 5 nitrogen and oxygen atoms in total.